The fraction of sp³-hybridized carbons (Fsp3) is 0.125. The van der Waals surface area contributed by atoms with Gasteiger partial charge in [-0.15, -0.1) is 0 Å². The minimum Gasteiger partial charge on any atom is -0.360 e. The van der Waals surface area contributed by atoms with Crippen molar-refractivity contribution in [2.75, 3.05) is 10.6 Å². The molecule has 0 aliphatic rings. The minimum atomic E-state index is 0.953. The molecule has 2 heteroatoms. The Labute approximate surface area is 108 Å². The second-order valence-corrected chi connectivity index (χ2v) is 4.02. The third kappa shape index (κ3) is 3.67. The highest BCUT2D eigenvalue weighted by atomic mass is 14.9. The molecule has 92 valence electrons. The molecule has 0 saturated heterocycles. The third-order valence-electron chi connectivity index (χ3n) is 2.65. The number of benzene rings is 2. The molecule has 0 fully saturated rings. The molecule has 0 atom stereocenters. The molecule has 0 aliphatic carbocycles. The lowest BCUT2D eigenvalue weighted by Gasteiger charge is -2.10. The van der Waals surface area contributed by atoms with Crippen molar-refractivity contribution < 1.29 is 0 Å². The Morgan fingerprint density at radius 3 is 2.00 bits per heavy atom. The molecule has 2 aromatic carbocycles. The highest BCUT2D eigenvalue weighted by Crippen LogP contribution is 2.12. The second kappa shape index (κ2) is 6.50. The van der Waals surface area contributed by atoms with Gasteiger partial charge in [0, 0.05) is 23.3 Å². The number of rotatable bonds is 5. The summed E-state index contributed by atoms with van der Waals surface area (Å²) in [6.07, 6.45) is 2.97. The molecule has 18 heavy (non-hydrogen) atoms. The Bertz CT molecular complexity index is 489. The molecule has 0 radical (unpaired) electrons. The maximum absolute atomic E-state index is 3.40. The Balaban J connectivity index is 2.00. The van der Waals surface area contributed by atoms with Crippen molar-refractivity contribution in [1.82, 2.24) is 0 Å². The first-order chi connectivity index (χ1) is 8.88. The Morgan fingerprint density at radius 2 is 1.44 bits per heavy atom. The van der Waals surface area contributed by atoms with Gasteiger partial charge in [-0.25, -0.2) is 0 Å². The highest BCUT2D eigenvalue weighted by Gasteiger charge is 1.95. The van der Waals surface area contributed by atoms with Crippen molar-refractivity contribution in [3.63, 3.8) is 0 Å². The van der Waals surface area contributed by atoms with Crippen LogP contribution in [-0.2, 0) is 0 Å². The van der Waals surface area contributed by atoms with Crippen molar-refractivity contribution in [3.05, 3.63) is 72.6 Å². The van der Waals surface area contributed by atoms with Crippen LogP contribution in [-0.4, -0.2) is 0 Å². The summed E-state index contributed by atoms with van der Waals surface area (Å²) in [4.78, 5) is 0. The van der Waals surface area contributed by atoms with Gasteiger partial charge < -0.3 is 10.6 Å². The van der Waals surface area contributed by atoms with Crippen LogP contribution in [0.1, 0.15) is 13.3 Å². The van der Waals surface area contributed by atoms with Crippen molar-refractivity contribution in [1.29, 1.82) is 0 Å². The lowest BCUT2D eigenvalue weighted by atomic mass is 10.3. The number of para-hydroxylation sites is 2. The number of anilines is 2. The predicted octanol–water partition coefficient (Wildman–Crippen LogP) is 4.46. The first-order valence-corrected chi connectivity index (χ1v) is 6.21. The van der Waals surface area contributed by atoms with Crippen LogP contribution in [0.2, 0.25) is 0 Å². The maximum atomic E-state index is 3.40. The predicted molar refractivity (Wildman–Crippen MR) is 78.5 cm³/mol. The Hall–Kier alpha value is -2.22. The fourth-order valence-corrected chi connectivity index (χ4v) is 1.64. The molecular formula is C16H18N2. The lowest BCUT2D eigenvalue weighted by Crippen LogP contribution is -2.01. The molecule has 2 nitrogen and oxygen atoms in total. The second-order valence-electron chi connectivity index (χ2n) is 4.02. The van der Waals surface area contributed by atoms with E-state index in [1.54, 1.807) is 0 Å². The van der Waals surface area contributed by atoms with Crippen LogP contribution in [0.5, 0.6) is 0 Å². The van der Waals surface area contributed by atoms with E-state index in [1.807, 2.05) is 54.7 Å². The van der Waals surface area contributed by atoms with Crippen LogP contribution in [0.25, 0.3) is 0 Å². The van der Waals surface area contributed by atoms with Crippen molar-refractivity contribution in [2.24, 2.45) is 0 Å². The van der Waals surface area contributed by atoms with Crippen LogP contribution >= 0.6 is 0 Å². The number of hydrogen-bond acceptors (Lipinski definition) is 2. The molecular weight excluding hydrogens is 220 g/mol. The van der Waals surface area contributed by atoms with E-state index in [9.17, 15) is 0 Å². The van der Waals surface area contributed by atoms with E-state index in [4.69, 9.17) is 0 Å². The summed E-state index contributed by atoms with van der Waals surface area (Å²) in [5.41, 5.74) is 3.36. The molecule has 0 unspecified atom stereocenters. The van der Waals surface area contributed by atoms with E-state index in [0.717, 1.165) is 23.5 Å². The van der Waals surface area contributed by atoms with Crippen LogP contribution in [0.4, 0.5) is 11.4 Å². The van der Waals surface area contributed by atoms with E-state index in [-0.39, 0.29) is 0 Å². The molecule has 0 amide bonds. The smallest absolute Gasteiger partial charge is 0.0382 e. The first kappa shape index (κ1) is 12.2. The molecule has 0 heterocycles. The standard InChI is InChI=1S/C16H18N2/c1-2-14(18-16-11-7-4-8-12-16)13-17-15-9-5-3-6-10-15/h3-13,17-18H,2H2,1H3/b14-13+. The summed E-state index contributed by atoms with van der Waals surface area (Å²) < 4.78 is 0. The zero-order chi connectivity index (χ0) is 12.6. The maximum Gasteiger partial charge on any atom is 0.0382 e. The van der Waals surface area contributed by atoms with E-state index >= 15 is 0 Å². The van der Waals surface area contributed by atoms with Gasteiger partial charge in [0.25, 0.3) is 0 Å². The third-order valence-corrected chi connectivity index (χ3v) is 2.65. The van der Waals surface area contributed by atoms with Gasteiger partial charge in [0.15, 0.2) is 0 Å². The number of nitrogens with one attached hydrogen (secondary N) is 2. The molecule has 0 saturated carbocycles. The van der Waals surface area contributed by atoms with Crippen LogP contribution < -0.4 is 10.6 Å². The summed E-state index contributed by atoms with van der Waals surface area (Å²) in [5, 5.41) is 6.69. The van der Waals surface area contributed by atoms with Gasteiger partial charge in [0.1, 0.15) is 0 Å². The highest BCUT2D eigenvalue weighted by molar-refractivity contribution is 5.50. The van der Waals surface area contributed by atoms with Crippen LogP contribution in [0.3, 0.4) is 0 Å². The minimum absolute atomic E-state index is 0.953. The zero-order valence-corrected chi connectivity index (χ0v) is 10.6. The van der Waals surface area contributed by atoms with Crippen molar-refractivity contribution in [3.8, 4) is 0 Å². The lowest BCUT2D eigenvalue weighted by molar-refractivity contribution is 1.10. The summed E-state index contributed by atoms with van der Waals surface area (Å²) in [6.45, 7) is 2.13. The van der Waals surface area contributed by atoms with Crippen LogP contribution in [0, 0.1) is 0 Å². The van der Waals surface area contributed by atoms with Gasteiger partial charge in [-0.2, -0.15) is 0 Å². The summed E-state index contributed by atoms with van der Waals surface area (Å²) in [6, 6.07) is 20.3. The molecule has 2 aromatic rings. The van der Waals surface area contributed by atoms with Gasteiger partial charge in [0.05, 0.1) is 0 Å². The van der Waals surface area contributed by atoms with Crippen LogP contribution in [0.15, 0.2) is 72.6 Å². The summed E-state index contributed by atoms with van der Waals surface area (Å²) in [5.74, 6) is 0. The molecule has 0 bridgehead atoms. The van der Waals surface area contributed by atoms with Gasteiger partial charge in [-0.05, 0) is 30.7 Å². The largest absolute Gasteiger partial charge is 0.360 e. The summed E-state index contributed by atoms with van der Waals surface area (Å²) in [7, 11) is 0. The molecule has 0 aliphatic heterocycles. The Morgan fingerprint density at radius 1 is 0.889 bits per heavy atom. The first-order valence-electron chi connectivity index (χ1n) is 6.21. The van der Waals surface area contributed by atoms with Gasteiger partial charge >= 0.3 is 0 Å². The quantitative estimate of drug-likeness (QED) is 0.803. The normalized spacial score (nSPS) is 11.1. The van der Waals surface area contributed by atoms with E-state index in [0.29, 0.717) is 0 Å². The van der Waals surface area contributed by atoms with Gasteiger partial charge in [-0.3, -0.25) is 0 Å². The monoisotopic (exact) mass is 238 g/mol. The Kier molecular flexibility index (Phi) is 4.42. The van der Waals surface area contributed by atoms with E-state index < -0.39 is 0 Å². The van der Waals surface area contributed by atoms with Gasteiger partial charge in [0.2, 0.25) is 0 Å². The SMILES string of the molecule is CC/C(=C\Nc1ccccc1)Nc1ccccc1. The summed E-state index contributed by atoms with van der Waals surface area (Å²) >= 11 is 0. The molecule has 0 spiro atoms. The number of hydrogen-bond donors (Lipinski definition) is 2. The molecule has 2 rings (SSSR count). The molecule has 0 aromatic heterocycles. The number of allylic oxidation sites excluding steroid dienone is 1. The van der Waals surface area contributed by atoms with Crippen molar-refractivity contribution >= 4 is 11.4 Å². The van der Waals surface area contributed by atoms with Gasteiger partial charge in [-0.1, -0.05) is 43.3 Å². The molecule has 2 N–H and O–H groups in total. The average molecular weight is 238 g/mol. The fourth-order valence-electron chi connectivity index (χ4n) is 1.64. The van der Waals surface area contributed by atoms with E-state index in [2.05, 4.69) is 29.7 Å². The van der Waals surface area contributed by atoms with E-state index in [1.165, 1.54) is 0 Å². The van der Waals surface area contributed by atoms with Crippen molar-refractivity contribution in [2.45, 2.75) is 13.3 Å². The zero-order valence-electron chi connectivity index (χ0n) is 10.6. The topological polar surface area (TPSA) is 24.1 Å². The average Bonchev–Trinajstić information content (AvgIpc) is 2.45.